The average Bonchev–Trinajstić information content (AvgIpc) is 2.36. The summed E-state index contributed by atoms with van der Waals surface area (Å²) in [5.41, 5.74) is 3.73. The SMILES string of the molecule is Cc1ccc(NC(=O)c2cc(S)ccc2Br)cc1C. The molecule has 98 valence electrons. The van der Waals surface area contributed by atoms with E-state index in [1.54, 1.807) is 6.07 Å². The van der Waals surface area contributed by atoms with E-state index < -0.39 is 0 Å². The fraction of sp³-hybridized carbons (Fsp3) is 0.133. The molecule has 0 aromatic heterocycles. The van der Waals surface area contributed by atoms with E-state index in [0.717, 1.165) is 20.6 Å². The lowest BCUT2D eigenvalue weighted by molar-refractivity contribution is 0.102. The van der Waals surface area contributed by atoms with Crippen LogP contribution in [-0.4, -0.2) is 5.91 Å². The lowest BCUT2D eigenvalue weighted by Crippen LogP contribution is -2.12. The van der Waals surface area contributed by atoms with Gasteiger partial charge in [0.25, 0.3) is 5.91 Å². The number of hydrogen-bond acceptors (Lipinski definition) is 2. The van der Waals surface area contributed by atoms with Crippen LogP contribution < -0.4 is 5.32 Å². The minimum atomic E-state index is -0.147. The summed E-state index contributed by atoms with van der Waals surface area (Å²) < 4.78 is 0.756. The molecule has 0 fully saturated rings. The van der Waals surface area contributed by atoms with Gasteiger partial charge in [-0.15, -0.1) is 12.6 Å². The number of carbonyl (C=O) groups excluding carboxylic acids is 1. The van der Waals surface area contributed by atoms with Crippen molar-refractivity contribution >= 4 is 40.2 Å². The molecule has 1 N–H and O–H groups in total. The van der Waals surface area contributed by atoms with Crippen LogP contribution in [0.5, 0.6) is 0 Å². The van der Waals surface area contributed by atoms with Crippen molar-refractivity contribution in [1.82, 2.24) is 0 Å². The summed E-state index contributed by atoms with van der Waals surface area (Å²) >= 11 is 7.63. The molecule has 0 bridgehead atoms. The van der Waals surface area contributed by atoms with Gasteiger partial charge < -0.3 is 5.32 Å². The minimum Gasteiger partial charge on any atom is -0.322 e. The number of thiol groups is 1. The summed E-state index contributed by atoms with van der Waals surface area (Å²) in [7, 11) is 0. The van der Waals surface area contributed by atoms with E-state index in [0.29, 0.717) is 5.56 Å². The van der Waals surface area contributed by atoms with Crippen LogP contribution in [0.25, 0.3) is 0 Å². The summed E-state index contributed by atoms with van der Waals surface area (Å²) in [4.78, 5) is 13.0. The minimum absolute atomic E-state index is 0.147. The number of carbonyl (C=O) groups is 1. The van der Waals surface area contributed by atoms with Crippen molar-refractivity contribution in [3.8, 4) is 0 Å². The van der Waals surface area contributed by atoms with E-state index in [9.17, 15) is 4.79 Å². The second-order valence-corrected chi connectivity index (χ2v) is 5.79. The van der Waals surface area contributed by atoms with Crippen molar-refractivity contribution in [2.24, 2.45) is 0 Å². The molecule has 2 rings (SSSR count). The number of halogens is 1. The van der Waals surface area contributed by atoms with E-state index >= 15 is 0 Å². The molecule has 0 aliphatic rings. The quantitative estimate of drug-likeness (QED) is 0.771. The van der Waals surface area contributed by atoms with Gasteiger partial charge in [0.05, 0.1) is 5.56 Å². The summed E-state index contributed by atoms with van der Waals surface area (Å²) in [5.74, 6) is -0.147. The van der Waals surface area contributed by atoms with Crippen LogP contribution in [0.3, 0.4) is 0 Å². The zero-order valence-corrected chi connectivity index (χ0v) is 13.2. The first-order chi connectivity index (χ1) is 8.97. The van der Waals surface area contributed by atoms with E-state index in [1.165, 1.54) is 5.56 Å². The highest BCUT2D eigenvalue weighted by atomic mass is 79.9. The van der Waals surface area contributed by atoms with Crippen LogP contribution in [0.4, 0.5) is 5.69 Å². The third kappa shape index (κ3) is 3.39. The zero-order chi connectivity index (χ0) is 14.0. The first-order valence-corrected chi connectivity index (χ1v) is 7.08. The van der Waals surface area contributed by atoms with Crippen molar-refractivity contribution in [2.75, 3.05) is 5.32 Å². The number of rotatable bonds is 2. The van der Waals surface area contributed by atoms with E-state index in [1.807, 2.05) is 44.2 Å². The lowest BCUT2D eigenvalue weighted by atomic mass is 10.1. The molecule has 1 amide bonds. The number of anilines is 1. The maximum atomic E-state index is 12.2. The molecular formula is C15H14BrNOS. The normalized spacial score (nSPS) is 10.3. The van der Waals surface area contributed by atoms with Crippen molar-refractivity contribution < 1.29 is 4.79 Å². The number of hydrogen-bond donors (Lipinski definition) is 2. The molecule has 2 aromatic rings. The second kappa shape index (κ2) is 5.80. The van der Waals surface area contributed by atoms with Crippen molar-refractivity contribution in [3.05, 3.63) is 57.6 Å². The van der Waals surface area contributed by atoms with Gasteiger partial charge in [0.1, 0.15) is 0 Å². The topological polar surface area (TPSA) is 29.1 Å². The largest absolute Gasteiger partial charge is 0.322 e. The lowest BCUT2D eigenvalue weighted by Gasteiger charge is -2.09. The van der Waals surface area contributed by atoms with Gasteiger partial charge >= 0.3 is 0 Å². The van der Waals surface area contributed by atoms with Gasteiger partial charge in [-0.05, 0) is 71.2 Å². The average molecular weight is 336 g/mol. The van der Waals surface area contributed by atoms with Crippen LogP contribution in [0.1, 0.15) is 21.5 Å². The predicted molar refractivity (Wildman–Crippen MR) is 85.3 cm³/mol. The van der Waals surface area contributed by atoms with Gasteiger partial charge in [-0.2, -0.15) is 0 Å². The molecule has 0 radical (unpaired) electrons. The standard InChI is InChI=1S/C15H14BrNOS/c1-9-3-4-11(7-10(9)2)17-15(18)13-8-12(19)5-6-14(13)16/h3-8,19H,1-2H3,(H,17,18). The molecule has 0 atom stereocenters. The molecule has 4 heteroatoms. The molecule has 0 aliphatic carbocycles. The Morgan fingerprint density at radius 3 is 2.53 bits per heavy atom. The van der Waals surface area contributed by atoms with Gasteiger partial charge in [0.2, 0.25) is 0 Å². The Morgan fingerprint density at radius 1 is 1.11 bits per heavy atom. The third-order valence-electron chi connectivity index (χ3n) is 2.96. The van der Waals surface area contributed by atoms with E-state index in [2.05, 4.69) is 33.9 Å². The zero-order valence-electron chi connectivity index (χ0n) is 10.7. The summed E-state index contributed by atoms with van der Waals surface area (Å²) in [6.07, 6.45) is 0. The number of nitrogens with one attached hydrogen (secondary N) is 1. The highest BCUT2D eigenvalue weighted by Gasteiger charge is 2.11. The molecule has 0 spiro atoms. The second-order valence-electron chi connectivity index (χ2n) is 4.42. The van der Waals surface area contributed by atoms with E-state index in [-0.39, 0.29) is 5.91 Å². The van der Waals surface area contributed by atoms with Gasteiger partial charge in [-0.1, -0.05) is 6.07 Å². The monoisotopic (exact) mass is 335 g/mol. The van der Waals surface area contributed by atoms with Gasteiger partial charge in [-0.25, -0.2) is 0 Å². The molecule has 0 aliphatic heterocycles. The van der Waals surface area contributed by atoms with Crippen LogP contribution in [0.2, 0.25) is 0 Å². The maximum Gasteiger partial charge on any atom is 0.256 e. The van der Waals surface area contributed by atoms with Crippen molar-refractivity contribution in [1.29, 1.82) is 0 Å². The molecule has 0 heterocycles. The summed E-state index contributed by atoms with van der Waals surface area (Å²) in [6, 6.07) is 11.3. The summed E-state index contributed by atoms with van der Waals surface area (Å²) in [5, 5.41) is 2.89. The van der Waals surface area contributed by atoms with Crippen LogP contribution in [0, 0.1) is 13.8 Å². The number of amides is 1. The molecular weight excluding hydrogens is 322 g/mol. The van der Waals surface area contributed by atoms with Crippen molar-refractivity contribution in [3.63, 3.8) is 0 Å². The Morgan fingerprint density at radius 2 is 1.84 bits per heavy atom. The molecule has 2 nitrogen and oxygen atoms in total. The van der Waals surface area contributed by atoms with E-state index in [4.69, 9.17) is 0 Å². The van der Waals surface area contributed by atoms with Gasteiger partial charge in [0.15, 0.2) is 0 Å². The van der Waals surface area contributed by atoms with Gasteiger partial charge in [-0.3, -0.25) is 4.79 Å². The van der Waals surface area contributed by atoms with Gasteiger partial charge in [0, 0.05) is 15.1 Å². The molecule has 2 aromatic carbocycles. The Bertz CT molecular complexity index is 640. The number of benzene rings is 2. The fourth-order valence-corrected chi connectivity index (χ4v) is 2.34. The molecule has 0 saturated heterocycles. The Hall–Kier alpha value is -1.26. The van der Waals surface area contributed by atoms with Crippen molar-refractivity contribution in [2.45, 2.75) is 18.7 Å². The highest BCUT2D eigenvalue weighted by molar-refractivity contribution is 9.10. The first kappa shape index (κ1) is 14.2. The Labute approximate surface area is 126 Å². The van der Waals surface area contributed by atoms with Crippen LogP contribution in [0.15, 0.2) is 45.8 Å². The highest BCUT2D eigenvalue weighted by Crippen LogP contribution is 2.22. The van der Waals surface area contributed by atoms with Crippen LogP contribution in [-0.2, 0) is 0 Å². The molecule has 0 unspecified atom stereocenters. The Balaban J connectivity index is 2.25. The molecule has 0 saturated carbocycles. The molecule has 19 heavy (non-hydrogen) atoms. The maximum absolute atomic E-state index is 12.2. The Kier molecular flexibility index (Phi) is 4.32. The third-order valence-corrected chi connectivity index (χ3v) is 3.93. The fourth-order valence-electron chi connectivity index (χ4n) is 1.70. The smallest absolute Gasteiger partial charge is 0.256 e. The number of aryl methyl sites for hydroxylation is 2. The predicted octanol–water partition coefficient (Wildman–Crippen LogP) is 4.61. The summed E-state index contributed by atoms with van der Waals surface area (Å²) in [6.45, 7) is 4.07. The van der Waals surface area contributed by atoms with Crippen LogP contribution >= 0.6 is 28.6 Å². The first-order valence-electron chi connectivity index (χ1n) is 5.84.